The quantitative estimate of drug-likeness (QED) is 0.647. The van der Waals surface area contributed by atoms with Gasteiger partial charge in [0.25, 0.3) is 5.91 Å². The van der Waals surface area contributed by atoms with Crippen molar-refractivity contribution in [1.82, 2.24) is 5.32 Å². The van der Waals surface area contributed by atoms with E-state index in [1.54, 1.807) is 36.4 Å². The molecule has 4 nitrogen and oxygen atoms in total. The number of aryl methyl sites for hydroxylation is 1. The molecule has 0 bridgehead atoms. The van der Waals surface area contributed by atoms with E-state index >= 15 is 0 Å². The van der Waals surface area contributed by atoms with Crippen LogP contribution in [0.2, 0.25) is 0 Å². The van der Waals surface area contributed by atoms with E-state index in [9.17, 15) is 14.0 Å². The van der Waals surface area contributed by atoms with E-state index in [1.807, 2.05) is 24.4 Å². The molecule has 6 heteroatoms. The van der Waals surface area contributed by atoms with Crippen molar-refractivity contribution in [3.63, 3.8) is 0 Å². The van der Waals surface area contributed by atoms with Crippen LogP contribution in [0, 0.1) is 12.7 Å². The summed E-state index contributed by atoms with van der Waals surface area (Å²) in [5, 5.41) is 4.74. The van der Waals surface area contributed by atoms with E-state index in [0.717, 1.165) is 16.0 Å². The Bertz CT molecular complexity index is 906. The number of ether oxygens (including phenoxy) is 1. The van der Waals surface area contributed by atoms with Crippen LogP contribution in [0.15, 0.2) is 66.0 Å². The van der Waals surface area contributed by atoms with E-state index in [0.29, 0.717) is 5.56 Å². The van der Waals surface area contributed by atoms with Gasteiger partial charge in [-0.05, 0) is 48.2 Å². The number of hydrogen-bond donors (Lipinski definition) is 1. The van der Waals surface area contributed by atoms with Crippen LogP contribution < -0.4 is 5.32 Å². The molecule has 1 heterocycles. The fourth-order valence-electron chi connectivity index (χ4n) is 2.54. The number of rotatable bonds is 6. The predicted molar refractivity (Wildman–Crippen MR) is 102 cm³/mol. The van der Waals surface area contributed by atoms with E-state index in [-0.39, 0.29) is 5.82 Å². The standard InChI is InChI=1S/C21H18FNO3S/c1-14-4-6-16(7-5-14)21(25)26-13-19(24)23-20(18-3-2-12-27-18)15-8-10-17(22)11-9-15/h2-12,20H,13H2,1H3,(H,23,24)/t20-/m0/s1. The average molecular weight is 383 g/mol. The summed E-state index contributed by atoms with van der Waals surface area (Å²) in [6.45, 7) is 1.53. The first-order valence-electron chi connectivity index (χ1n) is 8.35. The molecule has 0 aliphatic rings. The van der Waals surface area contributed by atoms with E-state index in [4.69, 9.17) is 4.74 Å². The van der Waals surface area contributed by atoms with Gasteiger partial charge in [-0.1, -0.05) is 35.9 Å². The number of halogens is 1. The molecule has 27 heavy (non-hydrogen) atoms. The Labute approximate surface area is 160 Å². The highest BCUT2D eigenvalue weighted by Crippen LogP contribution is 2.26. The monoisotopic (exact) mass is 383 g/mol. The summed E-state index contributed by atoms with van der Waals surface area (Å²) in [4.78, 5) is 25.3. The maximum absolute atomic E-state index is 13.2. The summed E-state index contributed by atoms with van der Waals surface area (Å²) >= 11 is 1.48. The zero-order chi connectivity index (χ0) is 19.2. The third-order valence-corrected chi connectivity index (χ3v) is 4.90. The molecule has 0 aliphatic carbocycles. The van der Waals surface area contributed by atoms with Gasteiger partial charge in [0, 0.05) is 4.88 Å². The molecular formula is C21H18FNO3S. The second-order valence-electron chi connectivity index (χ2n) is 6.01. The molecule has 0 fully saturated rings. The van der Waals surface area contributed by atoms with Gasteiger partial charge in [0.15, 0.2) is 6.61 Å². The Balaban J connectivity index is 1.65. The van der Waals surface area contributed by atoms with E-state index < -0.39 is 24.5 Å². The molecule has 0 saturated heterocycles. The molecule has 0 unspecified atom stereocenters. The molecular weight excluding hydrogens is 365 g/mol. The zero-order valence-electron chi connectivity index (χ0n) is 14.6. The van der Waals surface area contributed by atoms with Gasteiger partial charge in [0.2, 0.25) is 0 Å². The summed E-state index contributed by atoms with van der Waals surface area (Å²) in [5.41, 5.74) is 2.17. The fourth-order valence-corrected chi connectivity index (χ4v) is 3.34. The molecule has 0 radical (unpaired) electrons. The normalized spacial score (nSPS) is 11.6. The van der Waals surface area contributed by atoms with Gasteiger partial charge in [-0.15, -0.1) is 11.3 Å². The minimum absolute atomic E-state index is 0.345. The Hall–Kier alpha value is -2.99. The number of benzene rings is 2. The Kier molecular flexibility index (Phi) is 5.98. The molecule has 1 N–H and O–H groups in total. The van der Waals surface area contributed by atoms with Crippen LogP contribution in [0.1, 0.15) is 32.4 Å². The number of hydrogen-bond acceptors (Lipinski definition) is 4. The minimum atomic E-state index is -0.556. The molecule has 3 rings (SSSR count). The molecule has 0 spiro atoms. The van der Waals surface area contributed by atoms with Crippen molar-refractivity contribution >= 4 is 23.2 Å². The van der Waals surface area contributed by atoms with Gasteiger partial charge >= 0.3 is 5.97 Å². The van der Waals surface area contributed by atoms with Gasteiger partial charge in [-0.25, -0.2) is 9.18 Å². The molecule has 0 saturated carbocycles. The number of carbonyl (C=O) groups excluding carboxylic acids is 2. The average Bonchev–Trinajstić information content (AvgIpc) is 3.20. The van der Waals surface area contributed by atoms with Crippen LogP contribution >= 0.6 is 11.3 Å². The lowest BCUT2D eigenvalue weighted by atomic mass is 10.1. The van der Waals surface area contributed by atoms with Crippen LogP contribution in [0.5, 0.6) is 0 Å². The first-order valence-corrected chi connectivity index (χ1v) is 9.23. The first-order chi connectivity index (χ1) is 13.0. The smallest absolute Gasteiger partial charge is 0.338 e. The summed E-state index contributed by atoms with van der Waals surface area (Å²) in [6.07, 6.45) is 0. The van der Waals surface area contributed by atoms with Crippen molar-refractivity contribution in [1.29, 1.82) is 0 Å². The Morgan fingerprint density at radius 2 is 1.78 bits per heavy atom. The molecule has 1 atom stereocenters. The number of carbonyl (C=O) groups is 2. The number of nitrogens with one attached hydrogen (secondary N) is 1. The minimum Gasteiger partial charge on any atom is -0.452 e. The van der Waals surface area contributed by atoms with Crippen LogP contribution in [-0.4, -0.2) is 18.5 Å². The lowest BCUT2D eigenvalue weighted by molar-refractivity contribution is -0.124. The number of esters is 1. The third-order valence-electron chi connectivity index (χ3n) is 3.96. The van der Waals surface area contributed by atoms with Gasteiger partial charge in [0.05, 0.1) is 11.6 Å². The predicted octanol–water partition coefficient (Wildman–Crippen LogP) is 4.26. The van der Waals surface area contributed by atoms with Gasteiger partial charge in [-0.2, -0.15) is 0 Å². The Morgan fingerprint density at radius 3 is 2.41 bits per heavy atom. The second kappa shape index (κ2) is 8.60. The van der Waals surface area contributed by atoms with Crippen molar-refractivity contribution in [2.45, 2.75) is 13.0 Å². The van der Waals surface area contributed by atoms with Crippen molar-refractivity contribution in [2.24, 2.45) is 0 Å². The Morgan fingerprint density at radius 1 is 1.07 bits per heavy atom. The fraction of sp³-hybridized carbons (Fsp3) is 0.143. The molecule has 1 aromatic heterocycles. The summed E-state index contributed by atoms with van der Waals surface area (Å²) in [6, 6.07) is 16.2. The molecule has 138 valence electrons. The van der Waals surface area contributed by atoms with Crippen LogP contribution in [0.4, 0.5) is 4.39 Å². The highest BCUT2D eigenvalue weighted by Gasteiger charge is 2.19. The maximum atomic E-state index is 13.2. The molecule has 0 aliphatic heterocycles. The lowest BCUT2D eigenvalue weighted by Crippen LogP contribution is -2.32. The molecule has 1 amide bonds. The van der Waals surface area contributed by atoms with Crippen LogP contribution in [-0.2, 0) is 9.53 Å². The van der Waals surface area contributed by atoms with Gasteiger partial charge < -0.3 is 10.1 Å². The SMILES string of the molecule is Cc1ccc(C(=O)OCC(=O)N[C@@H](c2ccc(F)cc2)c2cccs2)cc1. The highest BCUT2D eigenvalue weighted by atomic mass is 32.1. The van der Waals surface area contributed by atoms with Crippen molar-refractivity contribution < 1.29 is 18.7 Å². The van der Waals surface area contributed by atoms with E-state index in [2.05, 4.69) is 5.32 Å². The summed E-state index contributed by atoms with van der Waals surface area (Å²) in [5.74, 6) is -1.33. The van der Waals surface area contributed by atoms with Crippen molar-refractivity contribution in [3.8, 4) is 0 Å². The lowest BCUT2D eigenvalue weighted by Gasteiger charge is -2.18. The summed E-state index contributed by atoms with van der Waals surface area (Å²) < 4.78 is 18.3. The van der Waals surface area contributed by atoms with Crippen molar-refractivity contribution in [3.05, 3.63) is 93.4 Å². The van der Waals surface area contributed by atoms with Crippen LogP contribution in [0.3, 0.4) is 0 Å². The maximum Gasteiger partial charge on any atom is 0.338 e. The molecule has 2 aromatic carbocycles. The summed E-state index contributed by atoms with van der Waals surface area (Å²) in [7, 11) is 0. The largest absolute Gasteiger partial charge is 0.452 e. The second-order valence-corrected chi connectivity index (χ2v) is 6.99. The zero-order valence-corrected chi connectivity index (χ0v) is 15.5. The number of thiophene rings is 1. The number of amides is 1. The van der Waals surface area contributed by atoms with Gasteiger partial charge in [-0.3, -0.25) is 4.79 Å². The highest BCUT2D eigenvalue weighted by molar-refractivity contribution is 7.10. The molecule has 3 aromatic rings. The van der Waals surface area contributed by atoms with E-state index in [1.165, 1.54) is 23.5 Å². The first kappa shape index (κ1) is 18.8. The topological polar surface area (TPSA) is 55.4 Å². The third kappa shape index (κ3) is 5.01. The van der Waals surface area contributed by atoms with Gasteiger partial charge in [0.1, 0.15) is 5.82 Å². The van der Waals surface area contributed by atoms with Crippen LogP contribution in [0.25, 0.3) is 0 Å². The van der Waals surface area contributed by atoms with Crippen molar-refractivity contribution in [2.75, 3.05) is 6.61 Å².